The lowest BCUT2D eigenvalue weighted by Crippen LogP contribution is -3.06. The van der Waals surface area contributed by atoms with Gasteiger partial charge >= 0.3 is 5.97 Å². The number of thiophene rings is 1. The van der Waals surface area contributed by atoms with Crippen LogP contribution in [0.15, 0.2) is 29.1 Å². The first-order chi connectivity index (χ1) is 13.4. The van der Waals surface area contributed by atoms with E-state index in [0.29, 0.717) is 39.6 Å². The molecule has 3 aromatic rings. The Labute approximate surface area is 166 Å². The Morgan fingerprint density at radius 2 is 1.96 bits per heavy atom. The SMILES string of the molecule is CCOc1ccc(C[NH+](C)Cc2nc3sc(C(=O)OC)c(C)c3c(=O)[nH]2)cc1. The average molecular weight is 402 g/mol. The maximum Gasteiger partial charge on any atom is 0.348 e. The van der Waals surface area contributed by atoms with Gasteiger partial charge in [0.25, 0.3) is 5.56 Å². The van der Waals surface area contributed by atoms with Crippen LogP contribution in [0.4, 0.5) is 0 Å². The van der Waals surface area contributed by atoms with Crippen LogP contribution >= 0.6 is 11.3 Å². The molecule has 2 N–H and O–H groups in total. The Morgan fingerprint density at radius 3 is 2.61 bits per heavy atom. The minimum Gasteiger partial charge on any atom is -0.494 e. The summed E-state index contributed by atoms with van der Waals surface area (Å²) >= 11 is 1.19. The first kappa shape index (κ1) is 20.0. The zero-order valence-electron chi connectivity index (χ0n) is 16.4. The summed E-state index contributed by atoms with van der Waals surface area (Å²) in [5.74, 6) is 1.01. The lowest BCUT2D eigenvalue weighted by molar-refractivity contribution is -0.908. The third kappa shape index (κ3) is 4.23. The third-order valence-corrected chi connectivity index (χ3v) is 5.60. The number of H-pyrrole nitrogens is 1. The van der Waals surface area contributed by atoms with Crippen LogP contribution in [0, 0.1) is 6.92 Å². The van der Waals surface area contributed by atoms with Crippen LogP contribution in [-0.2, 0) is 17.8 Å². The van der Waals surface area contributed by atoms with E-state index in [1.165, 1.54) is 28.9 Å². The predicted molar refractivity (Wildman–Crippen MR) is 108 cm³/mol. The Hall–Kier alpha value is -2.71. The molecule has 0 radical (unpaired) electrons. The number of rotatable bonds is 7. The van der Waals surface area contributed by atoms with Crippen LogP contribution in [0.25, 0.3) is 10.2 Å². The minimum atomic E-state index is -0.445. The fourth-order valence-corrected chi connectivity index (χ4v) is 4.25. The molecule has 0 amide bonds. The highest BCUT2D eigenvalue weighted by Gasteiger charge is 2.20. The van der Waals surface area contributed by atoms with Gasteiger partial charge in [0.2, 0.25) is 0 Å². The molecule has 0 saturated heterocycles. The zero-order chi connectivity index (χ0) is 20.3. The summed E-state index contributed by atoms with van der Waals surface area (Å²) in [6, 6.07) is 8.00. The van der Waals surface area contributed by atoms with Gasteiger partial charge in [-0.05, 0) is 43.7 Å². The van der Waals surface area contributed by atoms with E-state index in [9.17, 15) is 9.59 Å². The van der Waals surface area contributed by atoms with Gasteiger partial charge in [-0.2, -0.15) is 0 Å². The molecule has 1 unspecified atom stereocenters. The van der Waals surface area contributed by atoms with Crippen LogP contribution in [-0.4, -0.2) is 36.7 Å². The number of hydrogen-bond acceptors (Lipinski definition) is 6. The average Bonchev–Trinajstić information content (AvgIpc) is 2.99. The molecule has 8 heteroatoms. The molecule has 0 aliphatic heterocycles. The lowest BCUT2D eigenvalue weighted by atomic mass is 10.2. The second-order valence-electron chi connectivity index (χ2n) is 6.63. The van der Waals surface area contributed by atoms with E-state index in [1.807, 2.05) is 38.2 Å². The van der Waals surface area contributed by atoms with Gasteiger partial charge in [-0.1, -0.05) is 0 Å². The number of ether oxygens (including phenoxy) is 2. The molecular formula is C20H24N3O4S+. The number of hydrogen-bond donors (Lipinski definition) is 2. The molecule has 1 atom stereocenters. The van der Waals surface area contributed by atoms with Crippen molar-refractivity contribution in [3.05, 3.63) is 56.4 Å². The molecule has 0 aliphatic rings. The highest BCUT2D eigenvalue weighted by molar-refractivity contribution is 7.20. The maximum atomic E-state index is 12.5. The summed E-state index contributed by atoms with van der Waals surface area (Å²) < 4.78 is 10.3. The number of aromatic amines is 1. The number of carbonyl (C=O) groups is 1. The second-order valence-corrected chi connectivity index (χ2v) is 7.63. The van der Waals surface area contributed by atoms with Gasteiger partial charge in [0.15, 0.2) is 5.82 Å². The largest absolute Gasteiger partial charge is 0.494 e. The van der Waals surface area contributed by atoms with E-state index >= 15 is 0 Å². The number of nitrogens with zero attached hydrogens (tertiary/aromatic N) is 1. The number of fused-ring (bicyclic) bond motifs is 1. The molecular weight excluding hydrogens is 378 g/mol. The number of aromatic nitrogens is 2. The summed E-state index contributed by atoms with van der Waals surface area (Å²) in [4.78, 5) is 34.0. The number of quaternary nitrogens is 1. The maximum absolute atomic E-state index is 12.5. The Kier molecular flexibility index (Phi) is 6.11. The standard InChI is InChI=1S/C20H23N3O4S/c1-5-27-14-8-6-13(7-9-14)10-23(3)11-15-21-18(24)16-12(2)17(20(25)26-4)28-19(16)22-15/h6-9H,5,10-11H2,1-4H3,(H,21,22,24)/p+1. The number of methoxy groups -OCH3 is 1. The van der Waals surface area contributed by atoms with E-state index in [2.05, 4.69) is 9.97 Å². The van der Waals surface area contributed by atoms with Crippen molar-refractivity contribution in [2.45, 2.75) is 26.9 Å². The predicted octanol–water partition coefficient (Wildman–Crippen LogP) is 1.69. The van der Waals surface area contributed by atoms with Crippen molar-refractivity contribution in [2.24, 2.45) is 0 Å². The molecule has 1 aromatic carbocycles. The van der Waals surface area contributed by atoms with Crippen molar-refractivity contribution in [3.8, 4) is 5.75 Å². The number of carbonyl (C=O) groups excluding carboxylic acids is 1. The molecule has 0 saturated carbocycles. The fraction of sp³-hybridized carbons (Fsp3) is 0.350. The van der Waals surface area contributed by atoms with Crippen LogP contribution in [0.2, 0.25) is 0 Å². The highest BCUT2D eigenvalue weighted by Crippen LogP contribution is 2.27. The third-order valence-electron chi connectivity index (χ3n) is 4.43. The topological polar surface area (TPSA) is 85.7 Å². The fourth-order valence-electron chi connectivity index (χ4n) is 3.13. The smallest absolute Gasteiger partial charge is 0.348 e. The van der Waals surface area contributed by atoms with Crippen molar-refractivity contribution in [2.75, 3.05) is 20.8 Å². The number of esters is 1. The molecule has 0 aliphatic carbocycles. The van der Waals surface area contributed by atoms with Gasteiger partial charge in [0.1, 0.15) is 28.5 Å². The summed E-state index contributed by atoms with van der Waals surface area (Å²) in [6.07, 6.45) is 0. The minimum absolute atomic E-state index is 0.224. The first-order valence-electron chi connectivity index (χ1n) is 9.06. The molecule has 2 aromatic heterocycles. The van der Waals surface area contributed by atoms with Crippen LogP contribution in [0.3, 0.4) is 0 Å². The zero-order valence-corrected chi connectivity index (χ0v) is 17.2. The Bertz CT molecular complexity index is 1040. The summed E-state index contributed by atoms with van der Waals surface area (Å²) in [5.41, 5.74) is 1.56. The van der Waals surface area contributed by atoms with Crippen LogP contribution in [0.5, 0.6) is 5.75 Å². The summed E-state index contributed by atoms with van der Waals surface area (Å²) in [6.45, 7) is 5.68. The van der Waals surface area contributed by atoms with Crippen molar-refractivity contribution in [3.63, 3.8) is 0 Å². The lowest BCUT2D eigenvalue weighted by Gasteiger charge is -2.14. The molecule has 28 heavy (non-hydrogen) atoms. The van der Waals surface area contributed by atoms with Crippen LogP contribution < -0.4 is 15.2 Å². The van der Waals surface area contributed by atoms with Crippen LogP contribution in [0.1, 0.15) is 33.5 Å². The molecule has 148 valence electrons. The normalized spacial score (nSPS) is 12.1. The van der Waals surface area contributed by atoms with E-state index in [4.69, 9.17) is 9.47 Å². The quantitative estimate of drug-likeness (QED) is 0.588. The van der Waals surface area contributed by atoms with Gasteiger partial charge in [-0.15, -0.1) is 11.3 Å². The molecule has 0 fully saturated rings. The van der Waals surface area contributed by atoms with Crippen molar-refractivity contribution >= 4 is 27.5 Å². The van der Waals surface area contributed by atoms with E-state index in [0.717, 1.165) is 12.3 Å². The molecule has 3 rings (SSSR count). The number of aryl methyl sites for hydroxylation is 1. The van der Waals surface area contributed by atoms with Gasteiger partial charge in [0, 0.05) is 5.56 Å². The summed E-state index contributed by atoms with van der Waals surface area (Å²) in [5, 5.41) is 0.457. The number of nitrogens with one attached hydrogen (secondary N) is 2. The molecule has 7 nitrogen and oxygen atoms in total. The van der Waals surface area contributed by atoms with E-state index < -0.39 is 5.97 Å². The second kappa shape index (κ2) is 8.53. The first-order valence-corrected chi connectivity index (χ1v) is 9.88. The highest BCUT2D eigenvalue weighted by atomic mass is 32.1. The molecule has 0 spiro atoms. The van der Waals surface area contributed by atoms with Crippen molar-refractivity contribution in [1.29, 1.82) is 0 Å². The molecule has 2 heterocycles. The van der Waals surface area contributed by atoms with Gasteiger partial charge in [-0.25, -0.2) is 9.78 Å². The van der Waals surface area contributed by atoms with E-state index in [1.54, 1.807) is 6.92 Å². The Balaban J connectivity index is 1.78. The monoisotopic (exact) mass is 402 g/mol. The van der Waals surface area contributed by atoms with Gasteiger partial charge in [0.05, 0.1) is 26.2 Å². The Morgan fingerprint density at radius 1 is 1.25 bits per heavy atom. The van der Waals surface area contributed by atoms with Gasteiger partial charge in [-0.3, -0.25) is 4.79 Å². The van der Waals surface area contributed by atoms with Gasteiger partial charge < -0.3 is 19.4 Å². The van der Waals surface area contributed by atoms with Crippen molar-refractivity contribution in [1.82, 2.24) is 9.97 Å². The van der Waals surface area contributed by atoms with E-state index in [-0.39, 0.29) is 5.56 Å². The van der Waals surface area contributed by atoms with Crippen molar-refractivity contribution < 1.29 is 19.2 Å². The molecule has 0 bridgehead atoms. The summed E-state index contributed by atoms with van der Waals surface area (Å²) in [7, 11) is 3.37. The number of benzene rings is 1.